The van der Waals surface area contributed by atoms with Crippen LogP contribution in [0.4, 0.5) is 5.82 Å². The van der Waals surface area contributed by atoms with Gasteiger partial charge in [0.2, 0.25) is 5.91 Å². The normalized spacial score (nSPS) is 17.4. The predicted molar refractivity (Wildman–Crippen MR) is 105 cm³/mol. The van der Waals surface area contributed by atoms with E-state index in [0.717, 1.165) is 41.2 Å². The highest BCUT2D eigenvalue weighted by atomic mass is 32.1. The molecule has 0 N–H and O–H groups in total. The van der Waals surface area contributed by atoms with E-state index in [1.807, 2.05) is 21.0 Å². The van der Waals surface area contributed by atoms with Gasteiger partial charge in [-0.25, -0.2) is 9.97 Å². The summed E-state index contributed by atoms with van der Waals surface area (Å²) in [5.41, 5.74) is 1.17. The van der Waals surface area contributed by atoms with Crippen LogP contribution in [0.2, 0.25) is 0 Å². The van der Waals surface area contributed by atoms with Crippen LogP contribution in [0.15, 0.2) is 22.9 Å². The van der Waals surface area contributed by atoms with Crippen LogP contribution >= 0.6 is 22.7 Å². The van der Waals surface area contributed by atoms with Gasteiger partial charge in [-0.3, -0.25) is 4.79 Å². The number of fused-ring (bicyclic) bond motifs is 1. The molecule has 0 aliphatic carbocycles. The van der Waals surface area contributed by atoms with E-state index in [1.165, 1.54) is 10.4 Å². The lowest BCUT2D eigenvalue weighted by Gasteiger charge is -2.28. The molecular formula is C18H20N4OS2. The minimum Gasteiger partial charge on any atom is -0.347 e. The van der Waals surface area contributed by atoms with Gasteiger partial charge >= 0.3 is 0 Å². The second-order valence-electron chi connectivity index (χ2n) is 6.49. The summed E-state index contributed by atoms with van der Waals surface area (Å²) in [4.78, 5) is 28.1. The number of hydrogen-bond acceptors (Lipinski definition) is 6. The molecule has 130 valence electrons. The Hall–Kier alpha value is -1.99. The minimum absolute atomic E-state index is 0.136. The highest BCUT2D eigenvalue weighted by Gasteiger charge is 2.34. The Kier molecular flexibility index (Phi) is 4.21. The standard InChI is InChI=1S/C18H20N4OS2/c1-11-19-16(22-8-4-6-13(22)18(23)21(2)3)15-12(10-25-17(15)20-11)14-7-5-9-24-14/h5,7,9-10,13H,4,6,8H2,1-3H3/t13-/m1/s1. The van der Waals surface area contributed by atoms with Crippen molar-refractivity contribution in [3.63, 3.8) is 0 Å². The maximum atomic E-state index is 12.6. The van der Waals surface area contributed by atoms with Crippen LogP contribution in [0.3, 0.4) is 0 Å². The lowest BCUT2D eigenvalue weighted by molar-refractivity contribution is -0.129. The SMILES string of the molecule is Cc1nc(N2CCC[C@@H]2C(=O)N(C)C)c2c(-c3cccs3)csc2n1. The molecule has 3 aromatic heterocycles. The maximum absolute atomic E-state index is 12.6. The Morgan fingerprint density at radius 1 is 1.32 bits per heavy atom. The molecular weight excluding hydrogens is 352 g/mol. The van der Waals surface area contributed by atoms with Crippen molar-refractivity contribution in [1.82, 2.24) is 14.9 Å². The van der Waals surface area contributed by atoms with Crippen molar-refractivity contribution in [2.45, 2.75) is 25.8 Å². The third-order valence-corrected chi connectivity index (χ3v) is 6.34. The maximum Gasteiger partial charge on any atom is 0.244 e. The first-order valence-corrected chi connectivity index (χ1v) is 10.1. The number of carbonyl (C=O) groups excluding carboxylic acids is 1. The third kappa shape index (κ3) is 2.81. The zero-order chi connectivity index (χ0) is 17.6. The van der Waals surface area contributed by atoms with Gasteiger partial charge < -0.3 is 9.80 Å². The quantitative estimate of drug-likeness (QED) is 0.702. The topological polar surface area (TPSA) is 49.3 Å². The van der Waals surface area contributed by atoms with Gasteiger partial charge in [0.05, 0.1) is 5.39 Å². The van der Waals surface area contributed by atoms with Crippen molar-refractivity contribution < 1.29 is 4.79 Å². The molecule has 4 rings (SSSR count). The van der Waals surface area contributed by atoms with Gasteiger partial charge in [0, 0.05) is 36.5 Å². The molecule has 1 aliphatic heterocycles. The molecule has 0 saturated carbocycles. The van der Waals surface area contributed by atoms with Crippen LogP contribution in [-0.4, -0.2) is 47.5 Å². The minimum atomic E-state index is -0.136. The molecule has 0 unspecified atom stereocenters. The van der Waals surface area contributed by atoms with E-state index >= 15 is 0 Å². The number of amides is 1. The van der Waals surface area contributed by atoms with E-state index in [2.05, 4.69) is 32.8 Å². The molecule has 1 atom stereocenters. The van der Waals surface area contributed by atoms with Crippen LogP contribution in [-0.2, 0) is 4.79 Å². The Morgan fingerprint density at radius 2 is 2.16 bits per heavy atom. The summed E-state index contributed by atoms with van der Waals surface area (Å²) >= 11 is 3.37. The van der Waals surface area contributed by atoms with Crippen molar-refractivity contribution >= 4 is 44.6 Å². The average molecular weight is 373 g/mol. The lowest BCUT2D eigenvalue weighted by atomic mass is 10.1. The molecule has 3 aromatic rings. The molecule has 25 heavy (non-hydrogen) atoms. The summed E-state index contributed by atoms with van der Waals surface area (Å²) in [6.07, 6.45) is 1.88. The molecule has 7 heteroatoms. The zero-order valence-electron chi connectivity index (χ0n) is 14.5. The largest absolute Gasteiger partial charge is 0.347 e. The summed E-state index contributed by atoms with van der Waals surface area (Å²) in [5, 5.41) is 5.32. The van der Waals surface area contributed by atoms with Crippen LogP contribution < -0.4 is 4.90 Å². The molecule has 1 saturated heterocycles. The van der Waals surface area contributed by atoms with E-state index in [0.29, 0.717) is 0 Å². The lowest BCUT2D eigenvalue weighted by Crippen LogP contribution is -2.43. The van der Waals surface area contributed by atoms with Crippen molar-refractivity contribution in [3.05, 3.63) is 28.7 Å². The Balaban J connectivity index is 1.89. The van der Waals surface area contributed by atoms with Gasteiger partial charge in [0.1, 0.15) is 22.5 Å². The summed E-state index contributed by atoms with van der Waals surface area (Å²) in [7, 11) is 3.64. The Labute approximate surface area is 154 Å². The first kappa shape index (κ1) is 16.5. The van der Waals surface area contributed by atoms with Crippen molar-refractivity contribution in [2.75, 3.05) is 25.5 Å². The predicted octanol–water partition coefficient (Wildman–Crippen LogP) is 3.79. The number of rotatable bonds is 3. The number of hydrogen-bond donors (Lipinski definition) is 0. The number of aromatic nitrogens is 2. The Bertz CT molecular complexity index is 917. The van der Waals surface area contributed by atoms with Gasteiger partial charge in [0.15, 0.2) is 0 Å². The molecule has 0 bridgehead atoms. The van der Waals surface area contributed by atoms with E-state index in [4.69, 9.17) is 4.98 Å². The second-order valence-corrected chi connectivity index (χ2v) is 8.29. The molecule has 0 aromatic carbocycles. The fourth-order valence-corrected chi connectivity index (χ4v) is 5.22. The number of thiophene rings is 2. The fourth-order valence-electron chi connectivity index (χ4n) is 3.42. The van der Waals surface area contributed by atoms with Crippen LogP contribution in [0, 0.1) is 6.92 Å². The molecule has 1 amide bonds. The van der Waals surface area contributed by atoms with Gasteiger partial charge in [-0.2, -0.15) is 0 Å². The van der Waals surface area contributed by atoms with Gasteiger partial charge in [-0.15, -0.1) is 22.7 Å². The molecule has 5 nitrogen and oxygen atoms in total. The molecule has 0 spiro atoms. The second kappa shape index (κ2) is 6.38. The third-order valence-electron chi connectivity index (χ3n) is 4.56. The van der Waals surface area contributed by atoms with E-state index < -0.39 is 0 Å². The monoisotopic (exact) mass is 372 g/mol. The summed E-state index contributed by atoms with van der Waals surface area (Å²) < 4.78 is 0. The highest BCUT2D eigenvalue weighted by molar-refractivity contribution is 7.18. The molecule has 4 heterocycles. The summed E-state index contributed by atoms with van der Waals surface area (Å²) in [5.74, 6) is 1.81. The number of nitrogens with zero attached hydrogens (tertiary/aromatic N) is 4. The van der Waals surface area contributed by atoms with Crippen LogP contribution in [0.5, 0.6) is 0 Å². The first-order chi connectivity index (χ1) is 12.1. The van der Waals surface area contributed by atoms with Crippen molar-refractivity contribution in [1.29, 1.82) is 0 Å². The average Bonchev–Trinajstić information content (AvgIpc) is 3.32. The molecule has 0 radical (unpaired) electrons. The van der Waals surface area contributed by atoms with Gasteiger partial charge in [-0.05, 0) is 31.2 Å². The highest BCUT2D eigenvalue weighted by Crippen LogP contribution is 2.41. The van der Waals surface area contributed by atoms with E-state index in [9.17, 15) is 4.79 Å². The number of anilines is 1. The van der Waals surface area contributed by atoms with Gasteiger partial charge in [-0.1, -0.05) is 6.07 Å². The van der Waals surface area contributed by atoms with Crippen molar-refractivity contribution in [2.24, 2.45) is 0 Å². The van der Waals surface area contributed by atoms with E-state index in [-0.39, 0.29) is 11.9 Å². The summed E-state index contributed by atoms with van der Waals surface area (Å²) in [6, 6.07) is 4.05. The van der Waals surface area contributed by atoms with Gasteiger partial charge in [0.25, 0.3) is 0 Å². The van der Waals surface area contributed by atoms with Crippen LogP contribution in [0.1, 0.15) is 18.7 Å². The first-order valence-electron chi connectivity index (χ1n) is 8.34. The molecule has 1 fully saturated rings. The Morgan fingerprint density at radius 3 is 2.88 bits per heavy atom. The van der Waals surface area contributed by atoms with E-state index in [1.54, 1.807) is 27.6 Å². The smallest absolute Gasteiger partial charge is 0.244 e. The number of aryl methyl sites for hydroxylation is 1. The zero-order valence-corrected chi connectivity index (χ0v) is 16.2. The van der Waals surface area contributed by atoms with Crippen molar-refractivity contribution in [3.8, 4) is 10.4 Å². The number of carbonyl (C=O) groups is 1. The summed E-state index contributed by atoms with van der Waals surface area (Å²) in [6.45, 7) is 2.78. The fraction of sp³-hybridized carbons (Fsp3) is 0.389. The number of likely N-dealkylation sites (N-methyl/N-ethyl adjacent to an activating group) is 1. The molecule has 1 aliphatic rings. The van der Waals surface area contributed by atoms with Crippen LogP contribution in [0.25, 0.3) is 20.7 Å².